The van der Waals surface area contributed by atoms with Crippen molar-refractivity contribution in [2.45, 2.75) is 13.1 Å². The third kappa shape index (κ3) is 4.50. The van der Waals surface area contributed by atoms with E-state index < -0.39 is 0 Å². The summed E-state index contributed by atoms with van der Waals surface area (Å²) in [5.74, 6) is 1.82. The van der Waals surface area contributed by atoms with Crippen LogP contribution in [0.2, 0.25) is 0 Å². The molecule has 2 aromatic rings. The molecule has 0 aliphatic rings. The topological polar surface area (TPSA) is 39.7 Å². The first-order valence-corrected chi connectivity index (χ1v) is 7.23. The van der Waals surface area contributed by atoms with Gasteiger partial charge in [-0.25, -0.2) is 0 Å². The highest BCUT2D eigenvalue weighted by Gasteiger charge is 2.12. The summed E-state index contributed by atoms with van der Waals surface area (Å²) in [6.45, 7) is 1.24. The van der Waals surface area contributed by atoms with Crippen LogP contribution in [0.5, 0.6) is 17.2 Å². The molecule has 0 aliphatic carbocycles. The first kappa shape index (κ1) is 18.5. The van der Waals surface area contributed by atoms with E-state index in [1.54, 1.807) is 27.4 Å². The van der Waals surface area contributed by atoms with E-state index in [1.807, 2.05) is 12.1 Å². The Morgan fingerprint density at radius 1 is 1.00 bits per heavy atom. The van der Waals surface area contributed by atoms with Crippen LogP contribution in [0.1, 0.15) is 10.4 Å². The van der Waals surface area contributed by atoms with Gasteiger partial charge in [0.1, 0.15) is 0 Å². The third-order valence-corrected chi connectivity index (χ3v) is 3.86. The molecule has 0 spiro atoms. The summed E-state index contributed by atoms with van der Waals surface area (Å²) in [7, 11) is 4.75. The third-order valence-electron chi connectivity index (χ3n) is 2.98. The molecule has 0 radical (unpaired) electrons. The van der Waals surface area contributed by atoms with Crippen molar-refractivity contribution >= 4 is 23.7 Å². The monoisotopic (exact) mass is 347 g/mol. The van der Waals surface area contributed by atoms with E-state index in [0.717, 1.165) is 21.8 Å². The van der Waals surface area contributed by atoms with E-state index in [0.29, 0.717) is 30.3 Å². The van der Waals surface area contributed by atoms with Crippen molar-refractivity contribution in [1.82, 2.24) is 5.32 Å². The van der Waals surface area contributed by atoms with Gasteiger partial charge in [-0.15, -0.1) is 23.7 Å². The van der Waals surface area contributed by atoms with E-state index in [2.05, 4.69) is 5.32 Å². The molecule has 0 amide bonds. The van der Waals surface area contributed by atoms with Crippen LogP contribution < -0.4 is 19.5 Å². The molecule has 122 valence electrons. The Bertz CT molecular complexity index is 581. The molecule has 0 saturated heterocycles. The van der Waals surface area contributed by atoms with Gasteiger partial charge in [0.25, 0.3) is 0 Å². The first-order chi connectivity index (χ1) is 10.2. The van der Waals surface area contributed by atoms with Crippen LogP contribution in [0.3, 0.4) is 0 Å². The SMILES string of the molecule is COc1cc(CNCc2ccc(F)s2)cc(OC)c1OC.Cl. The molecule has 1 N–H and O–H groups in total. The van der Waals surface area contributed by atoms with Crippen LogP contribution in [-0.4, -0.2) is 21.3 Å². The lowest BCUT2D eigenvalue weighted by atomic mass is 10.1. The van der Waals surface area contributed by atoms with E-state index in [1.165, 1.54) is 6.07 Å². The molecular weight excluding hydrogens is 329 g/mol. The van der Waals surface area contributed by atoms with Gasteiger partial charge >= 0.3 is 0 Å². The number of benzene rings is 1. The van der Waals surface area contributed by atoms with Gasteiger partial charge in [0, 0.05) is 18.0 Å². The molecule has 0 unspecified atom stereocenters. The predicted molar refractivity (Wildman–Crippen MR) is 88.2 cm³/mol. The van der Waals surface area contributed by atoms with Gasteiger partial charge in [-0.3, -0.25) is 0 Å². The summed E-state index contributed by atoms with van der Waals surface area (Å²) in [6, 6.07) is 7.04. The molecule has 0 atom stereocenters. The van der Waals surface area contributed by atoms with Crippen LogP contribution in [-0.2, 0) is 13.1 Å². The Balaban J connectivity index is 0.00000242. The second-order valence-electron chi connectivity index (χ2n) is 4.34. The van der Waals surface area contributed by atoms with Gasteiger partial charge < -0.3 is 19.5 Å². The number of hydrogen-bond donors (Lipinski definition) is 1. The van der Waals surface area contributed by atoms with Crippen LogP contribution >= 0.6 is 23.7 Å². The zero-order chi connectivity index (χ0) is 15.2. The van der Waals surface area contributed by atoms with Crippen molar-refractivity contribution in [1.29, 1.82) is 0 Å². The molecule has 4 nitrogen and oxygen atoms in total. The normalized spacial score (nSPS) is 10.0. The Kier molecular flexibility index (Phi) is 7.44. The standard InChI is InChI=1S/C15H18FNO3S.ClH/c1-18-12-6-10(7-13(19-2)15(12)20-3)8-17-9-11-4-5-14(16)21-11;/h4-7,17H,8-9H2,1-3H3;1H. The lowest BCUT2D eigenvalue weighted by Crippen LogP contribution is -2.12. The lowest BCUT2D eigenvalue weighted by Gasteiger charge is -2.14. The minimum Gasteiger partial charge on any atom is -0.493 e. The maximum Gasteiger partial charge on any atom is 0.203 e. The Hall–Kier alpha value is -1.50. The minimum atomic E-state index is -0.167. The second kappa shape index (κ2) is 8.82. The summed E-state index contributed by atoms with van der Waals surface area (Å²) < 4.78 is 28.8. The summed E-state index contributed by atoms with van der Waals surface area (Å²) >= 11 is 1.15. The molecule has 1 heterocycles. The molecule has 0 saturated carbocycles. The van der Waals surface area contributed by atoms with E-state index in [4.69, 9.17) is 14.2 Å². The number of rotatable bonds is 7. The molecule has 22 heavy (non-hydrogen) atoms. The molecule has 0 aliphatic heterocycles. The van der Waals surface area contributed by atoms with Crippen LogP contribution in [0, 0.1) is 5.13 Å². The first-order valence-electron chi connectivity index (χ1n) is 6.41. The molecule has 7 heteroatoms. The van der Waals surface area contributed by atoms with E-state index in [9.17, 15) is 4.39 Å². The number of thiophene rings is 1. The number of halogens is 2. The highest BCUT2D eigenvalue weighted by molar-refractivity contribution is 7.10. The lowest BCUT2D eigenvalue weighted by molar-refractivity contribution is 0.323. The van der Waals surface area contributed by atoms with Crippen molar-refractivity contribution in [3.63, 3.8) is 0 Å². The molecular formula is C15H19ClFNO3S. The summed E-state index contributed by atoms with van der Waals surface area (Å²) in [5, 5.41) is 3.10. The molecule has 0 bridgehead atoms. The van der Waals surface area contributed by atoms with Gasteiger partial charge in [-0.05, 0) is 29.8 Å². The smallest absolute Gasteiger partial charge is 0.203 e. The van der Waals surface area contributed by atoms with Crippen LogP contribution in [0.25, 0.3) is 0 Å². The minimum absolute atomic E-state index is 0. The number of hydrogen-bond acceptors (Lipinski definition) is 5. The average molecular weight is 348 g/mol. The average Bonchev–Trinajstić information content (AvgIpc) is 2.91. The van der Waals surface area contributed by atoms with Crippen molar-refractivity contribution in [2.75, 3.05) is 21.3 Å². The maximum atomic E-state index is 12.9. The summed E-state index contributed by atoms with van der Waals surface area (Å²) in [6.07, 6.45) is 0. The van der Waals surface area contributed by atoms with Gasteiger partial charge in [0.05, 0.1) is 21.3 Å². The van der Waals surface area contributed by atoms with Crippen LogP contribution in [0.15, 0.2) is 24.3 Å². The fourth-order valence-electron chi connectivity index (χ4n) is 2.01. The highest BCUT2D eigenvalue weighted by Crippen LogP contribution is 2.38. The summed E-state index contributed by atoms with van der Waals surface area (Å²) in [5.41, 5.74) is 1.00. The van der Waals surface area contributed by atoms with Gasteiger partial charge in [0.15, 0.2) is 16.6 Å². The summed E-state index contributed by atoms with van der Waals surface area (Å²) in [4.78, 5) is 0.958. The number of ether oxygens (including phenoxy) is 3. The van der Waals surface area contributed by atoms with E-state index >= 15 is 0 Å². The van der Waals surface area contributed by atoms with Gasteiger partial charge in [-0.2, -0.15) is 4.39 Å². The van der Waals surface area contributed by atoms with Crippen molar-refractivity contribution in [3.05, 3.63) is 39.8 Å². The quantitative estimate of drug-likeness (QED) is 0.830. The fraction of sp³-hybridized carbons (Fsp3) is 0.333. The van der Waals surface area contributed by atoms with Crippen LogP contribution in [0.4, 0.5) is 4.39 Å². The zero-order valence-electron chi connectivity index (χ0n) is 12.6. The predicted octanol–water partition coefficient (Wildman–Crippen LogP) is 3.62. The fourth-order valence-corrected chi connectivity index (χ4v) is 2.71. The van der Waals surface area contributed by atoms with Gasteiger partial charge in [0.2, 0.25) is 5.75 Å². The van der Waals surface area contributed by atoms with Crippen molar-refractivity contribution in [3.8, 4) is 17.2 Å². The molecule has 1 aromatic carbocycles. The Labute approximate surface area is 139 Å². The highest BCUT2D eigenvalue weighted by atomic mass is 35.5. The van der Waals surface area contributed by atoms with Crippen molar-refractivity contribution < 1.29 is 18.6 Å². The second-order valence-corrected chi connectivity index (χ2v) is 5.46. The zero-order valence-corrected chi connectivity index (χ0v) is 14.3. The van der Waals surface area contributed by atoms with Gasteiger partial charge in [-0.1, -0.05) is 0 Å². The maximum absolute atomic E-state index is 12.9. The molecule has 1 aromatic heterocycles. The Morgan fingerprint density at radius 3 is 2.09 bits per heavy atom. The van der Waals surface area contributed by atoms with Crippen molar-refractivity contribution in [2.24, 2.45) is 0 Å². The molecule has 0 fully saturated rings. The Morgan fingerprint density at radius 2 is 1.64 bits per heavy atom. The molecule has 2 rings (SSSR count). The number of methoxy groups -OCH3 is 3. The number of nitrogens with one attached hydrogen (secondary N) is 1. The largest absolute Gasteiger partial charge is 0.493 e. The van der Waals surface area contributed by atoms with E-state index in [-0.39, 0.29) is 17.5 Å².